The van der Waals surface area contributed by atoms with E-state index in [1.165, 1.54) is 0 Å². The van der Waals surface area contributed by atoms with Crippen LogP contribution in [0.2, 0.25) is 0 Å². The first-order chi connectivity index (χ1) is 8.55. The molecule has 1 unspecified atom stereocenters. The number of β-amino-alcohol motifs (C(OH)–C–C–N with tert-alkyl or cyclic N) is 1. The third kappa shape index (κ3) is 4.03. The summed E-state index contributed by atoms with van der Waals surface area (Å²) in [6.07, 6.45) is -0.0942. The van der Waals surface area contributed by atoms with E-state index in [1.807, 2.05) is 35.2 Å². The molecule has 0 radical (unpaired) electrons. The Labute approximate surface area is 106 Å². The number of hydrogen-bond donors (Lipinski definition) is 1. The Kier molecular flexibility index (Phi) is 4.30. The van der Waals surface area contributed by atoms with E-state index in [9.17, 15) is 13.9 Å². The summed E-state index contributed by atoms with van der Waals surface area (Å²) < 4.78 is 25.9. The van der Waals surface area contributed by atoms with Gasteiger partial charge in [0.05, 0.1) is 6.10 Å². The highest BCUT2D eigenvalue weighted by Gasteiger charge is 2.34. The van der Waals surface area contributed by atoms with Gasteiger partial charge in [0.1, 0.15) is 0 Å². The Bertz CT molecular complexity index is 359. The number of likely N-dealkylation sites (tertiary alicyclic amines) is 1. The fourth-order valence-corrected chi connectivity index (χ4v) is 2.31. The van der Waals surface area contributed by atoms with Crippen LogP contribution in [0.5, 0.6) is 0 Å². The molecule has 2 nitrogen and oxygen atoms in total. The van der Waals surface area contributed by atoms with Gasteiger partial charge < -0.3 is 10.0 Å². The molecule has 0 saturated carbocycles. The maximum absolute atomic E-state index is 13.0. The van der Waals surface area contributed by atoms with Gasteiger partial charge in [-0.2, -0.15) is 0 Å². The van der Waals surface area contributed by atoms with Crippen LogP contribution in [0, 0.1) is 0 Å². The molecule has 1 aromatic rings. The summed E-state index contributed by atoms with van der Waals surface area (Å²) in [4.78, 5) is 1.92. The van der Waals surface area contributed by atoms with Gasteiger partial charge >= 0.3 is 0 Å². The zero-order valence-electron chi connectivity index (χ0n) is 10.4. The minimum Gasteiger partial charge on any atom is -0.391 e. The first-order valence-electron chi connectivity index (χ1n) is 6.37. The molecule has 1 aliphatic heterocycles. The van der Waals surface area contributed by atoms with Crippen LogP contribution in [-0.4, -0.2) is 41.7 Å². The number of halogens is 2. The maximum atomic E-state index is 13.0. The van der Waals surface area contributed by atoms with Crippen molar-refractivity contribution in [2.75, 3.05) is 19.6 Å². The van der Waals surface area contributed by atoms with Crippen molar-refractivity contribution in [3.8, 4) is 0 Å². The van der Waals surface area contributed by atoms with Crippen molar-refractivity contribution >= 4 is 0 Å². The highest BCUT2D eigenvalue weighted by atomic mass is 19.3. The normalized spacial score (nSPS) is 21.7. The summed E-state index contributed by atoms with van der Waals surface area (Å²) in [5.41, 5.74) is 1.08. The molecular weight excluding hydrogens is 236 g/mol. The van der Waals surface area contributed by atoms with Crippen molar-refractivity contribution in [2.45, 2.75) is 31.3 Å². The third-order valence-corrected chi connectivity index (χ3v) is 3.37. The van der Waals surface area contributed by atoms with Crippen molar-refractivity contribution in [3.05, 3.63) is 35.9 Å². The van der Waals surface area contributed by atoms with Crippen LogP contribution in [0.1, 0.15) is 18.4 Å². The summed E-state index contributed by atoms with van der Waals surface area (Å²) in [5.74, 6) is -2.51. The molecule has 0 bridgehead atoms. The van der Waals surface area contributed by atoms with E-state index in [4.69, 9.17) is 0 Å². The largest absolute Gasteiger partial charge is 0.391 e. The van der Waals surface area contributed by atoms with E-state index in [2.05, 4.69) is 0 Å². The zero-order chi connectivity index (χ0) is 13.0. The number of rotatable bonds is 4. The monoisotopic (exact) mass is 255 g/mol. The molecule has 2 rings (SSSR count). The van der Waals surface area contributed by atoms with Crippen LogP contribution in [0.4, 0.5) is 8.78 Å². The van der Waals surface area contributed by atoms with Gasteiger partial charge in [0.25, 0.3) is 5.92 Å². The standard InChI is InChI=1S/C14H19F2NO/c15-14(16)6-8-17(9-7-14)11-13(18)10-12-4-2-1-3-5-12/h1-5,13,18H,6-11H2. The number of aliphatic hydroxyl groups is 1. The predicted octanol–water partition coefficient (Wildman–Crippen LogP) is 2.32. The minimum atomic E-state index is -2.51. The Morgan fingerprint density at radius 3 is 2.39 bits per heavy atom. The van der Waals surface area contributed by atoms with E-state index >= 15 is 0 Å². The van der Waals surface area contributed by atoms with E-state index < -0.39 is 12.0 Å². The average Bonchev–Trinajstić information content (AvgIpc) is 2.33. The number of benzene rings is 1. The lowest BCUT2D eigenvalue weighted by molar-refractivity contribution is -0.0610. The summed E-state index contributed by atoms with van der Waals surface area (Å²) >= 11 is 0. The molecule has 1 aromatic carbocycles. The van der Waals surface area contributed by atoms with Crippen molar-refractivity contribution in [3.63, 3.8) is 0 Å². The molecule has 1 fully saturated rings. The Hall–Kier alpha value is -1.00. The molecule has 1 atom stereocenters. The molecule has 1 heterocycles. The van der Waals surface area contributed by atoms with Gasteiger partial charge in [0.15, 0.2) is 0 Å². The van der Waals surface area contributed by atoms with Gasteiger partial charge in [0, 0.05) is 32.5 Å². The van der Waals surface area contributed by atoms with Crippen molar-refractivity contribution < 1.29 is 13.9 Å². The molecule has 0 amide bonds. The van der Waals surface area contributed by atoms with E-state index in [0.717, 1.165) is 5.56 Å². The van der Waals surface area contributed by atoms with Crippen LogP contribution in [0.15, 0.2) is 30.3 Å². The number of piperidine rings is 1. The summed E-state index contributed by atoms with van der Waals surface area (Å²) in [6.45, 7) is 1.22. The second-order valence-corrected chi connectivity index (χ2v) is 5.00. The zero-order valence-corrected chi connectivity index (χ0v) is 10.4. The number of alkyl halides is 2. The lowest BCUT2D eigenvalue weighted by Crippen LogP contribution is -2.43. The fraction of sp³-hybridized carbons (Fsp3) is 0.571. The lowest BCUT2D eigenvalue weighted by Gasteiger charge is -2.32. The van der Waals surface area contributed by atoms with Gasteiger partial charge in [-0.25, -0.2) is 8.78 Å². The Balaban J connectivity index is 1.77. The molecule has 0 aromatic heterocycles. The number of aliphatic hydroxyl groups excluding tert-OH is 1. The summed E-state index contributed by atoms with van der Waals surface area (Å²) in [5, 5.41) is 9.96. The van der Waals surface area contributed by atoms with Gasteiger partial charge in [-0.1, -0.05) is 30.3 Å². The molecular formula is C14H19F2NO. The Morgan fingerprint density at radius 1 is 1.17 bits per heavy atom. The molecule has 1 N–H and O–H groups in total. The van der Waals surface area contributed by atoms with Gasteiger partial charge in [-0.05, 0) is 12.0 Å². The second-order valence-electron chi connectivity index (χ2n) is 5.00. The van der Waals surface area contributed by atoms with E-state index in [1.54, 1.807) is 0 Å². The average molecular weight is 255 g/mol. The maximum Gasteiger partial charge on any atom is 0.250 e. The van der Waals surface area contributed by atoms with Crippen LogP contribution in [0.3, 0.4) is 0 Å². The smallest absolute Gasteiger partial charge is 0.250 e. The number of hydrogen-bond acceptors (Lipinski definition) is 2. The van der Waals surface area contributed by atoms with Crippen LogP contribution in [-0.2, 0) is 6.42 Å². The van der Waals surface area contributed by atoms with Crippen molar-refractivity contribution in [1.29, 1.82) is 0 Å². The minimum absolute atomic E-state index is 0.0922. The molecule has 1 aliphatic rings. The molecule has 1 saturated heterocycles. The van der Waals surface area contributed by atoms with Gasteiger partial charge in [0.2, 0.25) is 0 Å². The molecule has 4 heteroatoms. The molecule has 0 spiro atoms. The fourth-order valence-electron chi connectivity index (χ4n) is 2.31. The van der Waals surface area contributed by atoms with Crippen LogP contribution >= 0.6 is 0 Å². The summed E-state index contributed by atoms with van der Waals surface area (Å²) in [6, 6.07) is 9.73. The van der Waals surface area contributed by atoms with Crippen molar-refractivity contribution in [2.24, 2.45) is 0 Å². The van der Waals surface area contributed by atoms with E-state index in [0.29, 0.717) is 26.1 Å². The quantitative estimate of drug-likeness (QED) is 0.892. The lowest BCUT2D eigenvalue weighted by atomic mass is 10.0. The van der Waals surface area contributed by atoms with Gasteiger partial charge in [-0.3, -0.25) is 0 Å². The second kappa shape index (κ2) is 5.76. The first kappa shape index (κ1) is 13.4. The highest BCUT2D eigenvalue weighted by Crippen LogP contribution is 2.27. The Morgan fingerprint density at radius 2 is 1.78 bits per heavy atom. The van der Waals surface area contributed by atoms with Crippen LogP contribution in [0.25, 0.3) is 0 Å². The summed E-state index contributed by atoms with van der Waals surface area (Å²) in [7, 11) is 0. The molecule has 100 valence electrons. The van der Waals surface area contributed by atoms with Crippen molar-refractivity contribution in [1.82, 2.24) is 4.90 Å². The topological polar surface area (TPSA) is 23.5 Å². The van der Waals surface area contributed by atoms with Gasteiger partial charge in [-0.15, -0.1) is 0 Å². The predicted molar refractivity (Wildman–Crippen MR) is 66.8 cm³/mol. The van der Waals surface area contributed by atoms with Crippen LogP contribution < -0.4 is 0 Å². The molecule has 18 heavy (non-hydrogen) atoms. The highest BCUT2D eigenvalue weighted by molar-refractivity contribution is 5.15. The number of nitrogens with zero attached hydrogens (tertiary/aromatic N) is 1. The first-order valence-corrected chi connectivity index (χ1v) is 6.37. The third-order valence-electron chi connectivity index (χ3n) is 3.37. The molecule has 0 aliphatic carbocycles. The van der Waals surface area contributed by atoms with E-state index in [-0.39, 0.29) is 12.8 Å². The SMILES string of the molecule is OC(Cc1ccccc1)CN1CCC(F)(F)CC1.